The van der Waals surface area contributed by atoms with Crippen molar-refractivity contribution < 1.29 is 18.3 Å². The van der Waals surface area contributed by atoms with Gasteiger partial charge in [-0.15, -0.1) is 0 Å². The number of hydrogen-bond donors (Lipinski definition) is 1. The number of carbonyl (C=O) groups is 1. The second kappa shape index (κ2) is 5.00. The maximum atomic E-state index is 11.4. The molecule has 1 heterocycles. The van der Waals surface area contributed by atoms with E-state index in [2.05, 4.69) is 5.10 Å². The maximum absolute atomic E-state index is 11.4. The molecule has 2 aromatic rings. The summed E-state index contributed by atoms with van der Waals surface area (Å²) in [5.41, 5.74) is 0.351. The summed E-state index contributed by atoms with van der Waals surface area (Å²) >= 11 is 0. The molecule has 0 aliphatic rings. The number of hydrogen-bond acceptors (Lipinski definition) is 4. The van der Waals surface area contributed by atoms with Crippen LogP contribution in [0, 0.1) is 0 Å². The fraction of sp³-hybridized carbons (Fsp3) is 0.286. The van der Waals surface area contributed by atoms with Crippen LogP contribution in [0.25, 0.3) is 11.1 Å². The molecule has 0 aliphatic carbocycles. The lowest BCUT2D eigenvalue weighted by Crippen LogP contribution is -2.35. The van der Waals surface area contributed by atoms with Gasteiger partial charge in [0, 0.05) is 18.0 Å². The van der Waals surface area contributed by atoms with Gasteiger partial charge in [0.15, 0.2) is 15.4 Å². The van der Waals surface area contributed by atoms with Crippen LogP contribution in [0.4, 0.5) is 0 Å². The first-order valence-electron chi connectivity index (χ1n) is 6.21. The molecule has 0 bridgehead atoms. The monoisotopic (exact) mass is 308 g/mol. The second-order valence-corrected chi connectivity index (χ2v) is 7.35. The van der Waals surface area contributed by atoms with Crippen LogP contribution in [0.5, 0.6) is 0 Å². The fourth-order valence-electron chi connectivity index (χ4n) is 1.77. The summed E-state index contributed by atoms with van der Waals surface area (Å²) < 4.78 is 24.2. The molecule has 0 unspecified atom stereocenters. The SMILES string of the molecule is CC(C)(C(=O)O)n1cc(-c2ccc(S(C)(=O)=O)cc2)cn1. The van der Waals surface area contributed by atoms with Crippen molar-refractivity contribution >= 4 is 15.8 Å². The third-order valence-electron chi connectivity index (χ3n) is 3.29. The number of nitrogens with zero attached hydrogens (tertiary/aromatic N) is 2. The third kappa shape index (κ3) is 2.97. The van der Waals surface area contributed by atoms with Crippen LogP contribution in [0.15, 0.2) is 41.6 Å². The highest BCUT2D eigenvalue weighted by atomic mass is 32.2. The summed E-state index contributed by atoms with van der Waals surface area (Å²) in [4.78, 5) is 11.4. The highest BCUT2D eigenvalue weighted by Crippen LogP contribution is 2.23. The largest absolute Gasteiger partial charge is 0.479 e. The summed E-state index contributed by atoms with van der Waals surface area (Å²) in [6, 6.07) is 6.38. The molecule has 7 heteroatoms. The van der Waals surface area contributed by atoms with Gasteiger partial charge >= 0.3 is 5.97 Å². The molecule has 0 spiro atoms. The van der Waals surface area contributed by atoms with Crippen molar-refractivity contribution in [2.75, 3.05) is 6.26 Å². The lowest BCUT2D eigenvalue weighted by atomic mass is 10.1. The van der Waals surface area contributed by atoms with Gasteiger partial charge in [-0.25, -0.2) is 13.2 Å². The standard InChI is InChI=1S/C14H16N2O4S/c1-14(2,13(17)18)16-9-11(8-15-16)10-4-6-12(7-5-10)21(3,19)20/h4-9H,1-3H3,(H,17,18). The smallest absolute Gasteiger partial charge is 0.331 e. The molecule has 0 amide bonds. The van der Waals surface area contributed by atoms with E-state index in [1.54, 1.807) is 38.4 Å². The Labute approximate surface area is 123 Å². The maximum Gasteiger partial charge on any atom is 0.331 e. The topological polar surface area (TPSA) is 89.3 Å². The minimum atomic E-state index is -3.23. The van der Waals surface area contributed by atoms with Gasteiger partial charge in [-0.1, -0.05) is 12.1 Å². The van der Waals surface area contributed by atoms with Crippen LogP contribution in [0.1, 0.15) is 13.8 Å². The van der Waals surface area contributed by atoms with E-state index in [4.69, 9.17) is 0 Å². The van der Waals surface area contributed by atoms with E-state index in [1.807, 2.05) is 0 Å². The molecule has 0 atom stereocenters. The Balaban J connectivity index is 2.37. The number of benzene rings is 1. The average molecular weight is 308 g/mol. The molecule has 1 aromatic carbocycles. The molecule has 0 aliphatic heterocycles. The van der Waals surface area contributed by atoms with E-state index >= 15 is 0 Å². The zero-order valence-corrected chi connectivity index (χ0v) is 12.8. The molecule has 0 radical (unpaired) electrons. The lowest BCUT2D eigenvalue weighted by Gasteiger charge is -2.19. The summed E-state index contributed by atoms with van der Waals surface area (Å²) in [6.07, 6.45) is 4.33. The molecular formula is C14H16N2O4S. The Morgan fingerprint density at radius 1 is 1.19 bits per heavy atom. The minimum Gasteiger partial charge on any atom is -0.479 e. The summed E-state index contributed by atoms with van der Waals surface area (Å²) in [6.45, 7) is 3.11. The Morgan fingerprint density at radius 2 is 1.76 bits per heavy atom. The second-order valence-electron chi connectivity index (χ2n) is 5.33. The molecule has 0 saturated heterocycles. The number of carboxylic acid groups (broad SMARTS) is 1. The number of aliphatic carboxylic acids is 1. The van der Waals surface area contributed by atoms with Crippen LogP contribution >= 0.6 is 0 Å². The van der Waals surface area contributed by atoms with Gasteiger partial charge in [-0.2, -0.15) is 5.10 Å². The van der Waals surface area contributed by atoms with Crippen LogP contribution in [-0.2, 0) is 20.2 Å². The average Bonchev–Trinajstić information content (AvgIpc) is 2.88. The molecule has 112 valence electrons. The zero-order chi connectivity index (χ0) is 15.8. The van der Waals surface area contributed by atoms with Crippen molar-refractivity contribution in [3.8, 4) is 11.1 Å². The molecular weight excluding hydrogens is 292 g/mol. The minimum absolute atomic E-state index is 0.240. The van der Waals surface area contributed by atoms with Gasteiger partial charge in [0.2, 0.25) is 0 Å². The van der Waals surface area contributed by atoms with Crippen molar-refractivity contribution in [1.82, 2.24) is 9.78 Å². The van der Waals surface area contributed by atoms with E-state index in [0.717, 1.165) is 17.4 Å². The predicted molar refractivity (Wildman–Crippen MR) is 77.7 cm³/mol. The van der Waals surface area contributed by atoms with Crippen molar-refractivity contribution in [1.29, 1.82) is 0 Å². The number of rotatable bonds is 4. The number of sulfone groups is 1. The first kappa shape index (κ1) is 15.2. The molecule has 0 fully saturated rings. The normalized spacial score (nSPS) is 12.3. The van der Waals surface area contributed by atoms with Crippen molar-refractivity contribution in [2.24, 2.45) is 0 Å². The van der Waals surface area contributed by atoms with Crippen LogP contribution in [0.3, 0.4) is 0 Å². The van der Waals surface area contributed by atoms with E-state index in [-0.39, 0.29) is 4.90 Å². The van der Waals surface area contributed by atoms with Crippen molar-refractivity contribution in [3.05, 3.63) is 36.7 Å². The molecule has 2 rings (SSSR count). The molecule has 1 aromatic heterocycles. The number of aromatic nitrogens is 2. The van der Waals surface area contributed by atoms with Crippen LogP contribution < -0.4 is 0 Å². The van der Waals surface area contributed by atoms with Gasteiger partial charge in [0.1, 0.15) is 0 Å². The first-order valence-corrected chi connectivity index (χ1v) is 8.10. The van der Waals surface area contributed by atoms with E-state index in [9.17, 15) is 18.3 Å². The molecule has 1 N–H and O–H groups in total. The summed E-state index contributed by atoms with van der Waals surface area (Å²) in [7, 11) is -3.23. The predicted octanol–water partition coefficient (Wildman–Crippen LogP) is 1.77. The Bertz CT molecular complexity index is 774. The van der Waals surface area contributed by atoms with E-state index < -0.39 is 21.3 Å². The highest BCUT2D eigenvalue weighted by Gasteiger charge is 2.30. The first-order chi connectivity index (χ1) is 9.62. The Kier molecular flexibility index (Phi) is 3.63. The van der Waals surface area contributed by atoms with Gasteiger partial charge in [-0.05, 0) is 31.5 Å². The summed E-state index contributed by atoms with van der Waals surface area (Å²) in [5.74, 6) is -0.982. The fourth-order valence-corrected chi connectivity index (χ4v) is 2.40. The van der Waals surface area contributed by atoms with Crippen LogP contribution in [-0.4, -0.2) is 35.5 Å². The Hall–Kier alpha value is -2.15. The zero-order valence-electron chi connectivity index (χ0n) is 11.9. The van der Waals surface area contributed by atoms with Gasteiger partial charge in [0.25, 0.3) is 0 Å². The van der Waals surface area contributed by atoms with E-state index in [1.165, 1.54) is 16.8 Å². The highest BCUT2D eigenvalue weighted by molar-refractivity contribution is 7.90. The molecule has 21 heavy (non-hydrogen) atoms. The van der Waals surface area contributed by atoms with Gasteiger partial charge < -0.3 is 5.11 Å². The number of carboxylic acids is 1. The van der Waals surface area contributed by atoms with Gasteiger partial charge in [0.05, 0.1) is 11.1 Å². The van der Waals surface area contributed by atoms with Crippen LogP contribution in [0.2, 0.25) is 0 Å². The van der Waals surface area contributed by atoms with Gasteiger partial charge in [-0.3, -0.25) is 4.68 Å². The summed E-state index contributed by atoms with van der Waals surface area (Å²) in [5, 5.41) is 13.2. The quantitative estimate of drug-likeness (QED) is 0.930. The van der Waals surface area contributed by atoms with E-state index in [0.29, 0.717) is 0 Å². The lowest BCUT2D eigenvalue weighted by molar-refractivity contribution is -0.146. The Morgan fingerprint density at radius 3 is 2.24 bits per heavy atom. The van der Waals surface area contributed by atoms with Crippen molar-refractivity contribution in [2.45, 2.75) is 24.3 Å². The van der Waals surface area contributed by atoms with Crippen molar-refractivity contribution in [3.63, 3.8) is 0 Å². The molecule has 0 saturated carbocycles. The molecule has 6 nitrogen and oxygen atoms in total. The third-order valence-corrected chi connectivity index (χ3v) is 4.42.